The summed E-state index contributed by atoms with van der Waals surface area (Å²) in [6, 6.07) is 1.47. The van der Waals surface area contributed by atoms with E-state index in [4.69, 9.17) is 0 Å². The highest BCUT2D eigenvalue weighted by molar-refractivity contribution is 6.03. The Balaban J connectivity index is 2.32. The van der Waals surface area contributed by atoms with Crippen LogP contribution in [0.1, 0.15) is 43.5 Å². The van der Waals surface area contributed by atoms with Crippen molar-refractivity contribution in [1.82, 2.24) is 9.88 Å². The van der Waals surface area contributed by atoms with E-state index in [0.717, 1.165) is 32.1 Å². The zero-order chi connectivity index (χ0) is 13.2. The molecule has 1 fully saturated rings. The van der Waals surface area contributed by atoms with Crippen molar-refractivity contribution in [3.63, 3.8) is 0 Å². The SMILES string of the molecule is CCC(C)(C(=O)c1ccncc1F)N1CCCC1. The molecule has 1 aliphatic heterocycles. The number of hydrogen-bond acceptors (Lipinski definition) is 3. The van der Waals surface area contributed by atoms with Gasteiger partial charge in [0.05, 0.1) is 17.3 Å². The Morgan fingerprint density at radius 3 is 2.72 bits per heavy atom. The molecule has 0 amide bonds. The van der Waals surface area contributed by atoms with Crippen molar-refractivity contribution in [2.45, 2.75) is 38.6 Å². The van der Waals surface area contributed by atoms with E-state index in [1.165, 1.54) is 12.3 Å². The van der Waals surface area contributed by atoms with E-state index >= 15 is 0 Å². The number of rotatable bonds is 4. The lowest BCUT2D eigenvalue weighted by molar-refractivity contribution is 0.0643. The first-order valence-electron chi connectivity index (χ1n) is 6.49. The average Bonchev–Trinajstić information content (AvgIpc) is 2.92. The Morgan fingerprint density at radius 1 is 1.50 bits per heavy atom. The standard InChI is InChI=1S/C14H19FN2O/c1-3-14(2,17-8-4-5-9-17)13(18)11-6-7-16-10-12(11)15/h6-7,10H,3-5,8-9H2,1-2H3. The average molecular weight is 250 g/mol. The summed E-state index contributed by atoms with van der Waals surface area (Å²) in [4.78, 5) is 18.5. The molecule has 0 aliphatic carbocycles. The lowest BCUT2D eigenvalue weighted by Crippen LogP contribution is -2.50. The molecule has 1 atom stereocenters. The summed E-state index contributed by atoms with van der Waals surface area (Å²) >= 11 is 0. The second kappa shape index (κ2) is 5.14. The molecule has 0 bridgehead atoms. The molecule has 1 saturated heterocycles. The number of ketones is 1. The highest BCUT2D eigenvalue weighted by Gasteiger charge is 2.40. The fraction of sp³-hybridized carbons (Fsp3) is 0.571. The lowest BCUT2D eigenvalue weighted by atomic mass is 9.87. The van der Waals surface area contributed by atoms with Crippen LogP contribution in [0.15, 0.2) is 18.5 Å². The van der Waals surface area contributed by atoms with Crippen LogP contribution in [0.4, 0.5) is 4.39 Å². The van der Waals surface area contributed by atoms with Gasteiger partial charge in [0, 0.05) is 6.20 Å². The van der Waals surface area contributed by atoms with Crippen molar-refractivity contribution >= 4 is 5.78 Å². The number of pyridine rings is 1. The molecule has 98 valence electrons. The molecule has 1 unspecified atom stereocenters. The predicted octanol–water partition coefficient (Wildman–Crippen LogP) is 2.67. The number of nitrogens with zero attached hydrogens (tertiary/aromatic N) is 2. The molecule has 18 heavy (non-hydrogen) atoms. The number of halogens is 1. The molecular formula is C14H19FN2O. The second-order valence-corrected chi connectivity index (χ2v) is 5.01. The van der Waals surface area contributed by atoms with Gasteiger partial charge >= 0.3 is 0 Å². The quantitative estimate of drug-likeness (QED) is 0.770. The smallest absolute Gasteiger partial charge is 0.185 e. The molecule has 0 spiro atoms. The van der Waals surface area contributed by atoms with Gasteiger partial charge in [-0.2, -0.15) is 0 Å². The minimum atomic E-state index is -0.599. The van der Waals surface area contributed by atoms with Crippen molar-refractivity contribution < 1.29 is 9.18 Å². The highest BCUT2D eigenvalue weighted by Crippen LogP contribution is 2.28. The minimum absolute atomic E-state index is 0.133. The summed E-state index contributed by atoms with van der Waals surface area (Å²) in [5.41, 5.74) is -0.445. The zero-order valence-corrected chi connectivity index (χ0v) is 10.9. The fourth-order valence-corrected chi connectivity index (χ4v) is 2.59. The van der Waals surface area contributed by atoms with Crippen molar-refractivity contribution in [3.8, 4) is 0 Å². The maximum atomic E-state index is 13.7. The number of hydrogen-bond donors (Lipinski definition) is 0. The summed E-state index contributed by atoms with van der Waals surface area (Å²) in [6.45, 7) is 5.74. The van der Waals surface area contributed by atoms with Crippen LogP contribution in [0.2, 0.25) is 0 Å². The molecule has 0 N–H and O–H groups in total. The van der Waals surface area contributed by atoms with E-state index in [0.29, 0.717) is 6.42 Å². The van der Waals surface area contributed by atoms with Crippen molar-refractivity contribution in [2.24, 2.45) is 0 Å². The molecule has 2 heterocycles. The normalized spacial score (nSPS) is 19.7. The van der Waals surface area contributed by atoms with Gasteiger partial charge in [-0.3, -0.25) is 14.7 Å². The number of aromatic nitrogens is 1. The molecule has 0 aromatic carbocycles. The molecule has 1 aromatic rings. The van der Waals surface area contributed by atoms with E-state index in [2.05, 4.69) is 9.88 Å². The first-order chi connectivity index (χ1) is 8.59. The number of carbonyl (C=O) groups excluding carboxylic acids is 1. The van der Waals surface area contributed by atoms with Crippen LogP contribution in [0, 0.1) is 5.82 Å². The van der Waals surface area contributed by atoms with Gasteiger partial charge in [-0.25, -0.2) is 4.39 Å². The highest BCUT2D eigenvalue weighted by atomic mass is 19.1. The molecular weight excluding hydrogens is 231 g/mol. The summed E-state index contributed by atoms with van der Waals surface area (Å²) < 4.78 is 13.7. The van der Waals surface area contributed by atoms with Crippen molar-refractivity contribution in [1.29, 1.82) is 0 Å². The van der Waals surface area contributed by atoms with Gasteiger partial charge in [0.2, 0.25) is 0 Å². The Bertz CT molecular complexity index is 443. The minimum Gasteiger partial charge on any atom is -0.292 e. The second-order valence-electron chi connectivity index (χ2n) is 5.01. The maximum Gasteiger partial charge on any atom is 0.185 e. The zero-order valence-electron chi connectivity index (χ0n) is 10.9. The van der Waals surface area contributed by atoms with Crippen LogP contribution in [-0.4, -0.2) is 34.3 Å². The fourth-order valence-electron chi connectivity index (χ4n) is 2.59. The van der Waals surface area contributed by atoms with Gasteiger partial charge in [0.15, 0.2) is 11.6 Å². The molecule has 3 nitrogen and oxygen atoms in total. The summed E-state index contributed by atoms with van der Waals surface area (Å²) in [6.07, 6.45) is 5.49. The Morgan fingerprint density at radius 2 is 2.17 bits per heavy atom. The van der Waals surface area contributed by atoms with Crippen LogP contribution in [0.25, 0.3) is 0 Å². The van der Waals surface area contributed by atoms with E-state index in [1.54, 1.807) is 0 Å². The van der Waals surface area contributed by atoms with Crippen LogP contribution < -0.4 is 0 Å². The van der Waals surface area contributed by atoms with E-state index < -0.39 is 11.4 Å². The maximum absolute atomic E-state index is 13.7. The number of carbonyl (C=O) groups is 1. The van der Waals surface area contributed by atoms with Crippen LogP contribution in [0.3, 0.4) is 0 Å². The van der Waals surface area contributed by atoms with E-state index in [9.17, 15) is 9.18 Å². The van der Waals surface area contributed by atoms with Gasteiger partial charge in [-0.05, 0) is 45.3 Å². The monoisotopic (exact) mass is 250 g/mol. The molecule has 0 saturated carbocycles. The molecule has 1 aliphatic rings. The van der Waals surface area contributed by atoms with Crippen LogP contribution in [0.5, 0.6) is 0 Å². The molecule has 4 heteroatoms. The molecule has 2 rings (SSSR count). The van der Waals surface area contributed by atoms with Crippen molar-refractivity contribution in [2.75, 3.05) is 13.1 Å². The number of Topliss-reactive ketones (excluding diaryl/α,β-unsaturated/α-hetero) is 1. The van der Waals surface area contributed by atoms with Gasteiger partial charge in [-0.1, -0.05) is 6.92 Å². The van der Waals surface area contributed by atoms with Crippen LogP contribution in [-0.2, 0) is 0 Å². The lowest BCUT2D eigenvalue weighted by Gasteiger charge is -2.36. The summed E-state index contributed by atoms with van der Waals surface area (Å²) in [7, 11) is 0. The third-order valence-corrected chi connectivity index (χ3v) is 4.00. The van der Waals surface area contributed by atoms with Crippen LogP contribution >= 0.6 is 0 Å². The third-order valence-electron chi connectivity index (χ3n) is 4.00. The number of likely N-dealkylation sites (tertiary alicyclic amines) is 1. The van der Waals surface area contributed by atoms with Crippen molar-refractivity contribution in [3.05, 3.63) is 29.8 Å². The Kier molecular flexibility index (Phi) is 3.76. The van der Waals surface area contributed by atoms with Gasteiger partial charge in [0.1, 0.15) is 0 Å². The first-order valence-corrected chi connectivity index (χ1v) is 6.49. The van der Waals surface area contributed by atoms with Gasteiger partial charge in [0.25, 0.3) is 0 Å². The topological polar surface area (TPSA) is 33.2 Å². The summed E-state index contributed by atoms with van der Waals surface area (Å²) in [5, 5.41) is 0. The largest absolute Gasteiger partial charge is 0.292 e. The summed E-state index contributed by atoms with van der Waals surface area (Å²) in [5.74, 6) is -0.659. The molecule has 0 radical (unpaired) electrons. The Hall–Kier alpha value is -1.29. The third kappa shape index (κ3) is 2.17. The van der Waals surface area contributed by atoms with E-state index in [1.807, 2.05) is 13.8 Å². The predicted molar refractivity (Wildman–Crippen MR) is 68.0 cm³/mol. The Labute approximate surface area is 107 Å². The van der Waals surface area contributed by atoms with Gasteiger partial charge in [-0.15, -0.1) is 0 Å². The first kappa shape index (κ1) is 13.1. The molecule has 1 aromatic heterocycles. The van der Waals surface area contributed by atoms with E-state index in [-0.39, 0.29) is 11.3 Å². The van der Waals surface area contributed by atoms with Gasteiger partial charge < -0.3 is 0 Å².